The summed E-state index contributed by atoms with van der Waals surface area (Å²) >= 11 is 2.51. The molecule has 7 nitrogen and oxygen atoms in total. The SMILES string of the molecule is N#CC(=C1Sc2nc(C#N)c(C#N)nc2S1)n1ccnc1. The molecule has 3 heterocycles. The molecule has 0 aliphatic carbocycles. The van der Waals surface area contributed by atoms with Crippen molar-refractivity contribution in [3.63, 3.8) is 0 Å². The smallest absolute Gasteiger partial charge is 0.178 e. The first-order valence-corrected chi connectivity index (χ1v) is 7.10. The van der Waals surface area contributed by atoms with Gasteiger partial charge in [0, 0.05) is 12.4 Å². The fourth-order valence-corrected chi connectivity index (χ4v) is 3.86. The van der Waals surface area contributed by atoms with E-state index >= 15 is 0 Å². The quantitative estimate of drug-likeness (QED) is 0.734. The Bertz CT molecular complexity index is 833. The molecular formula is C12H3N7S2. The Balaban J connectivity index is 2.08. The van der Waals surface area contributed by atoms with E-state index in [1.165, 1.54) is 29.9 Å². The van der Waals surface area contributed by atoms with Gasteiger partial charge in [0.15, 0.2) is 11.4 Å². The third-order valence-corrected chi connectivity index (χ3v) is 4.83. The lowest BCUT2D eigenvalue weighted by atomic mass is 10.3. The highest BCUT2D eigenvalue weighted by molar-refractivity contribution is 8.24. The number of hydrogen-bond acceptors (Lipinski definition) is 8. The number of hydrogen-bond donors (Lipinski definition) is 0. The molecule has 98 valence electrons. The first-order chi connectivity index (χ1) is 10.3. The van der Waals surface area contributed by atoms with Gasteiger partial charge in [0.25, 0.3) is 0 Å². The lowest BCUT2D eigenvalue weighted by molar-refractivity contribution is 0.902. The number of aromatic nitrogens is 4. The Morgan fingerprint density at radius 1 is 1.05 bits per heavy atom. The highest BCUT2D eigenvalue weighted by Gasteiger charge is 2.27. The van der Waals surface area contributed by atoms with E-state index < -0.39 is 0 Å². The zero-order valence-electron chi connectivity index (χ0n) is 10.2. The van der Waals surface area contributed by atoms with Crippen molar-refractivity contribution in [1.29, 1.82) is 15.8 Å². The van der Waals surface area contributed by atoms with Crippen LogP contribution in [0, 0.1) is 34.0 Å². The highest BCUT2D eigenvalue weighted by Crippen LogP contribution is 2.51. The molecule has 0 radical (unpaired) electrons. The van der Waals surface area contributed by atoms with Crippen molar-refractivity contribution in [3.8, 4) is 18.2 Å². The van der Waals surface area contributed by atoms with Crippen molar-refractivity contribution < 1.29 is 0 Å². The van der Waals surface area contributed by atoms with Gasteiger partial charge in [-0.3, -0.25) is 4.57 Å². The molecular weight excluding hydrogens is 306 g/mol. The van der Waals surface area contributed by atoms with Crippen LogP contribution in [-0.2, 0) is 0 Å². The largest absolute Gasteiger partial charge is 0.296 e. The molecule has 1 aliphatic heterocycles. The Hall–Kier alpha value is -2.80. The van der Waals surface area contributed by atoms with Crippen LogP contribution < -0.4 is 0 Å². The van der Waals surface area contributed by atoms with Crippen LogP contribution in [-0.4, -0.2) is 19.5 Å². The normalized spacial score (nSPS) is 12.1. The lowest BCUT2D eigenvalue weighted by Crippen LogP contribution is -1.96. The van der Waals surface area contributed by atoms with E-state index in [9.17, 15) is 5.26 Å². The number of allylic oxidation sites excluding steroid dienone is 1. The molecule has 0 saturated heterocycles. The molecule has 0 atom stereocenters. The summed E-state index contributed by atoms with van der Waals surface area (Å²) in [6.45, 7) is 0. The molecule has 0 aromatic carbocycles. The van der Waals surface area contributed by atoms with E-state index in [0.717, 1.165) is 0 Å². The summed E-state index contributed by atoms with van der Waals surface area (Å²) in [5.41, 5.74) is 0.387. The van der Waals surface area contributed by atoms with E-state index in [4.69, 9.17) is 10.5 Å². The highest BCUT2D eigenvalue weighted by atomic mass is 32.2. The van der Waals surface area contributed by atoms with E-state index in [-0.39, 0.29) is 11.4 Å². The molecule has 1 aliphatic rings. The summed E-state index contributed by atoms with van der Waals surface area (Å²) in [5.74, 6) is 0. The van der Waals surface area contributed by atoms with Gasteiger partial charge >= 0.3 is 0 Å². The molecule has 3 rings (SSSR count). The lowest BCUT2D eigenvalue weighted by Gasteiger charge is -2.01. The average Bonchev–Trinajstić information content (AvgIpc) is 3.15. The zero-order chi connectivity index (χ0) is 14.8. The van der Waals surface area contributed by atoms with Gasteiger partial charge in [-0.25, -0.2) is 15.0 Å². The van der Waals surface area contributed by atoms with Gasteiger partial charge in [-0.2, -0.15) is 15.8 Å². The second kappa shape index (κ2) is 5.29. The van der Waals surface area contributed by atoms with Gasteiger partial charge in [0.1, 0.15) is 34.0 Å². The Morgan fingerprint density at radius 3 is 2.10 bits per heavy atom. The fraction of sp³-hybridized carbons (Fsp3) is 0. The molecule has 9 heteroatoms. The monoisotopic (exact) mass is 309 g/mol. The third kappa shape index (κ3) is 2.23. The number of nitriles is 3. The minimum absolute atomic E-state index is 0.00765. The van der Waals surface area contributed by atoms with Gasteiger partial charge < -0.3 is 0 Å². The minimum atomic E-state index is -0.00765. The number of thioether (sulfide) groups is 2. The zero-order valence-corrected chi connectivity index (χ0v) is 11.8. The molecule has 21 heavy (non-hydrogen) atoms. The fourth-order valence-electron chi connectivity index (χ4n) is 1.59. The molecule has 0 saturated carbocycles. The number of imidazole rings is 1. The van der Waals surface area contributed by atoms with Crippen LogP contribution in [0.1, 0.15) is 11.4 Å². The van der Waals surface area contributed by atoms with Crippen LogP contribution in [0.3, 0.4) is 0 Å². The number of rotatable bonds is 1. The Morgan fingerprint density at radius 2 is 1.67 bits per heavy atom. The predicted molar refractivity (Wildman–Crippen MR) is 74.2 cm³/mol. The van der Waals surface area contributed by atoms with Gasteiger partial charge in [0.2, 0.25) is 0 Å². The first-order valence-electron chi connectivity index (χ1n) is 5.47. The van der Waals surface area contributed by atoms with Crippen LogP contribution in [0.5, 0.6) is 0 Å². The van der Waals surface area contributed by atoms with Crippen LogP contribution >= 0.6 is 23.5 Å². The minimum Gasteiger partial charge on any atom is -0.296 e. The average molecular weight is 309 g/mol. The number of nitrogens with zero attached hydrogens (tertiary/aromatic N) is 7. The molecule has 0 unspecified atom stereocenters. The molecule has 0 spiro atoms. The summed E-state index contributed by atoms with van der Waals surface area (Å²) in [4.78, 5) is 12.1. The van der Waals surface area contributed by atoms with E-state index in [1.54, 1.807) is 17.0 Å². The van der Waals surface area contributed by atoms with Gasteiger partial charge in [-0.05, 0) is 0 Å². The van der Waals surface area contributed by atoms with E-state index in [1.807, 2.05) is 12.1 Å². The summed E-state index contributed by atoms with van der Waals surface area (Å²) in [7, 11) is 0. The first kappa shape index (κ1) is 13.2. The predicted octanol–water partition coefficient (Wildman–Crippen LogP) is 1.96. The third-order valence-electron chi connectivity index (χ3n) is 2.49. The molecule has 0 bridgehead atoms. The summed E-state index contributed by atoms with van der Waals surface area (Å²) in [6.07, 6.45) is 4.77. The Kier molecular flexibility index (Phi) is 3.33. The van der Waals surface area contributed by atoms with E-state index in [2.05, 4.69) is 21.0 Å². The summed E-state index contributed by atoms with van der Waals surface area (Å²) < 4.78 is 2.28. The van der Waals surface area contributed by atoms with Crippen molar-refractivity contribution in [3.05, 3.63) is 34.3 Å². The second-order valence-corrected chi connectivity index (χ2v) is 5.93. The van der Waals surface area contributed by atoms with E-state index in [0.29, 0.717) is 20.0 Å². The van der Waals surface area contributed by atoms with Crippen LogP contribution in [0.2, 0.25) is 0 Å². The van der Waals surface area contributed by atoms with Gasteiger partial charge in [-0.1, -0.05) is 23.5 Å². The maximum absolute atomic E-state index is 9.31. The molecule has 2 aromatic heterocycles. The maximum atomic E-state index is 9.31. The molecule has 0 amide bonds. The maximum Gasteiger partial charge on any atom is 0.178 e. The standard InChI is InChI=1S/C12H3N7S2/c13-3-7-8(4-14)18-11-10(17-7)20-12(21-11)9(5-15)19-2-1-16-6-19/h1-2,6H. The molecule has 2 aromatic rings. The van der Waals surface area contributed by atoms with Crippen molar-refractivity contribution >= 4 is 29.2 Å². The van der Waals surface area contributed by atoms with Crippen molar-refractivity contribution in [2.45, 2.75) is 10.1 Å². The van der Waals surface area contributed by atoms with Gasteiger partial charge in [-0.15, -0.1) is 0 Å². The Labute approximate surface area is 127 Å². The topological polar surface area (TPSA) is 115 Å². The molecule has 0 N–H and O–H groups in total. The van der Waals surface area contributed by atoms with Crippen molar-refractivity contribution in [2.75, 3.05) is 0 Å². The molecule has 0 fully saturated rings. The van der Waals surface area contributed by atoms with Crippen LogP contribution in [0.25, 0.3) is 5.70 Å². The van der Waals surface area contributed by atoms with Crippen LogP contribution in [0.4, 0.5) is 0 Å². The van der Waals surface area contributed by atoms with Crippen molar-refractivity contribution in [2.24, 2.45) is 0 Å². The van der Waals surface area contributed by atoms with Crippen molar-refractivity contribution in [1.82, 2.24) is 19.5 Å². The van der Waals surface area contributed by atoms with Gasteiger partial charge in [0.05, 0.1) is 10.6 Å². The second-order valence-electron chi connectivity index (χ2n) is 3.68. The van der Waals surface area contributed by atoms with Crippen LogP contribution in [0.15, 0.2) is 33.0 Å². The number of fused-ring (bicyclic) bond motifs is 1. The summed E-state index contributed by atoms with van der Waals surface area (Å²) in [5, 5.41) is 28.3. The summed E-state index contributed by atoms with van der Waals surface area (Å²) in [6, 6.07) is 5.81.